The van der Waals surface area contributed by atoms with Crippen LogP contribution < -0.4 is 10.5 Å². The van der Waals surface area contributed by atoms with E-state index in [0.717, 1.165) is 45.2 Å². The van der Waals surface area contributed by atoms with Crippen molar-refractivity contribution >= 4 is 0 Å². The Kier molecular flexibility index (Phi) is 4.93. The van der Waals surface area contributed by atoms with Crippen LogP contribution in [-0.2, 0) is 6.54 Å². The number of rotatable bonds is 6. The third-order valence-electron chi connectivity index (χ3n) is 4.77. The summed E-state index contributed by atoms with van der Waals surface area (Å²) in [6.45, 7) is 2.87. The molecular weight excluding hydrogens is 286 g/mol. The Balaban J connectivity index is 1.60. The number of hydrogen-bond acceptors (Lipinski definition) is 3. The lowest BCUT2D eigenvalue weighted by Gasteiger charge is -2.35. The van der Waals surface area contributed by atoms with Gasteiger partial charge in [0, 0.05) is 24.2 Å². The van der Waals surface area contributed by atoms with E-state index in [-0.39, 0.29) is 11.7 Å². The minimum absolute atomic E-state index is 0.0692. The summed E-state index contributed by atoms with van der Waals surface area (Å²) in [7, 11) is 0. The molecule has 1 aliphatic carbocycles. The zero-order valence-corrected chi connectivity index (χ0v) is 12.9. The fourth-order valence-electron chi connectivity index (χ4n) is 3.40. The Labute approximate surface area is 130 Å². The predicted molar refractivity (Wildman–Crippen MR) is 81.7 cm³/mol. The Morgan fingerprint density at radius 1 is 1.14 bits per heavy atom. The molecule has 1 saturated carbocycles. The first-order chi connectivity index (χ1) is 10.7. The van der Waals surface area contributed by atoms with Gasteiger partial charge in [-0.1, -0.05) is 0 Å². The summed E-state index contributed by atoms with van der Waals surface area (Å²) in [5.41, 5.74) is 5.67. The monoisotopic (exact) mass is 310 g/mol. The molecule has 22 heavy (non-hydrogen) atoms. The third-order valence-corrected chi connectivity index (χ3v) is 4.77. The van der Waals surface area contributed by atoms with E-state index in [0.29, 0.717) is 24.8 Å². The van der Waals surface area contributed by atoms with Crippen LogP contribution in [0.4, 0.5) is 8.78 Å². The lowest BCUT2D eigenvalue weighted by Crippen LogP contribution is -2.34. The van der Waals surface area contributed by atoms with Gasteiger partial charge in [-0.15, -0.1) is 0 Å². The van der Waals surface area contributed by atoms with Gasteiger partial charge >= 0.3 is 0 Å². The van der Waals surface area contributed by atoms with E-state index in [2.05, 4.69) is 4.90 Å². The van der Waals surface area contributed by atoms with Gasteiger partial charge in [0.2, 0.25) is 0 Å². The van der Waals surface area contributed by atoms with Crippen LogP contribution in [0, 0.1) is 17.6 Å². The van der Waals surface area contributed by atoms with E-state index >= 15 is 0 Å². The Hall–Kier alpha value is -1.20. The number of nitrogens with two attached hydrogens (primary N) is 1. The topological polar surface area (TPSA) is 38.5 Å². The highest BCUT2D eigenvalue weighted by molar-refractivity contribution is 5.31. The summed E-state index contributed by atoms with van der Waals surface area (Å²) >= 11 is 0. The van der Waals surface area contributed by atoms with Gasteiger partial charge in [0.15, 0.2) is 0 Å². The second-order valence-electron chi connectivity index (χ2n) is 6.50. The van der Waals surface area contributed by atoms with Crippen molar-refractivity contribution in [1.82, 2.24) is 4.90 Å². The highest BCUT2D eigenvalue weighted by Crippen LogP contribution is 2.34. The summed E-state index contributed by atoms with van der Waals surface area (Å²) < 4.78 is 34.0. The Bertz CT molecular complexity index is 488. The summed E-state index contributed by atoms with van der Waals surface area (Å²) in [6, 6.07) is 2.65. The second-order valence-corrected chi connectivity index (χ2v) is 6.50. The standard InChI is InChI=1S/C17H24F2N2O/c18-16-9-14(22-13-7-12(8-13)3-4-20)10-17(19)15(16)11-21-5-1-2-6-21/h9-10,12-13H,1-8,11,20H2. The zero-order chi connectivity index (χ0) is 15.5. The SMILES string of the molecule is NCCC1CC(Oc2cc(F)c(CN3CCCC3)c(F)c2)C1. The van der Waals surface area contributed by atoms with Gasteiger partial charge in [-0.05, 0) is 57.7 Å². The van der Waals surface area contributed by atoms with Crippen LogP contribution in [0.25, 0.3) is 0 Å². The second kappa shape index (κ2) is 6.92. The van der Waals surface area contributed by atoms with Gasteiger partial charge in [0.05, 0.1) is 6.10 Å². The van der Waals surface area contributed by atoms with Crippen molar-refractivity contribution in [3.63, 3.8) is 0 Å². The van der Waals surface area contributed by atoms with E-state index in [1.807, 2.05) is 0 Å². The van der Waals surface area contributed by atoms with E-state index in [1.165, 1.54) is 12.1 Å². The first-order valence-electron chi connectivity index (χ1n) is 8.22. The van der Waals surface area contributed by atoms with Crippen LogP contribution in [0.3, 0.4) is 0 Å². The van der Waals surface area contributed by atoms with Crippen LogP contribution in [0.5, 0.6) is 5.75 Å². The molecule has 0 atom stereocenters. The van der Waals surface area contributed by atoms with Crippen LogP contribution >= 0.6 is 0 Å². The molecule has 2 fully saturated rings. The largest absolute Gasteiger partial charge is 0.490 e. The zero-order valence-electron chi connectivity index (χ0n) is 12.9. The summed E-state index contributed by atoms with van der Waals surface area (Å²) in [5, 5.41) is 0. The van der Waals surface area contributed by atoms with Crippen molar-refractivity contribution in [3.8, 4) is 5.75 Å². The maximum Gasteiger partial charge on any atom is 0.134 e. The number of ether oxygens (including phenoxy) is 1. The normalized spacial score (nSPS) is 25.2. The molecule has 0 aromatic heterocycles. The molecule has 0 unspecified atom stereocenters. The van der Waals surface area contributed by atoms with Gasteiger partial charge in [-0.2, -0.15) is 0 Å². The van der Waals surface area contributed by atoms with Crippen molar-refractivity contribution in [2.45, 2.75) is 44.8 Å². The van der Waals surface area contributed by atoms with Crippen molar-refractivity contribution in [2.24, 2.45) is 11.7 Å². The average Bonchev–Trinajstić information content (AvgIpc) is 2.94. The minimum Gasteiger partial charge on any atom is -0.490 e. The number of likely N-dealkylation sites (tertiary alicyclic amines) is 1. The molecule has 1 saturated heterocycles. The van der Waals surface area contributed by atoms with Crippen molar-refractivity contribution in [3.05, 3.63) is 29.3 Å². The summed E-state index contributed by atoms with van der Waals surface area (Å²) in [4.78, 5) is 2.09. The number of hydrogen-bond donors (Lipinski definition) is 1. The Morgan fingerprint density at radius 2 is 1.77 bits per heavy atom. The Morgan fingerprint density at radius 3 is 2.36 bits per heavy atom. The molecular formula is C17H24F2N2O. The van der Waals surface area contributed by atoms with E-state index in [9.17, 15) is 8.78 Å². The van der Waals surface area contributed by atoms with Gasteiger partial charge in [0.1, 0.15) is 17.4 Å². The fourth-order valence-corrected chi connectivity index (χ4v) is 3.40. The molecule has 1 aliphatic heterocycles. The van der Waals surface area contributed by atoms with Crippen LogP contribution in [0.1, 0.15) is 37.7 Å². The van der Waals surface area contributed by atoms with Crippen LogP contribution in [0.2, 0.25) is 0 Å². The molecule has 0 radical (unpaired) electrons. The fraction of sp³-hybridized carbons (Fsp3) is 0.647. The lowest BCUT2D eigenvalue weighted by molar-refractivity contribution is 0.0613. The molecule has 122 valence electrons. The van der Waals surface area contributed by atoms with Gasteiger partial charge in [-0.25, -0.2) is 8.78 Å². The van der Waals surface area contributed by atoms with Gasteiger partial charge in [0.25, 0.3) is 0 Å². The molecule has 1 aromatic rings. The highest BCUT2D eigenvalue weighted by atomic mass is 19.1. The quantitative estimate of drug-likeness (QED) is 0.877. The van der Waals surface area contributed by atoms with Crippen LogP contribution in [-0.4, -0.2) is 30.6 Å². The maximum atomic E-state index is 14.2. The molecule has 0 amide bonds. The molecule has 2 aliphatic rings. The molecule has 1 aromatic carbocycles. The average molecular weight is 310 g/mol. The summed E-state index contributed by atoms with van der Waals surface area (Å²) in [6.07, 6.45) is 5.13. The molecule has 0 bridgehead atoms. The first kappa shape index (κ1) is 15.7. The number of halogens is 2. The van der Waals surface area contributed by atoms with E-state index < -0.39 is 11.6 Å². The molecule has 0 spiro atoms. The minimum atomic E-state index is -0.500. The molecule has 1 heterocycles. The molecule has 5 heteroatoms. The third kappa shape index (κ3) is 3.58. The lowest BCUT2D eigenvalue weighted by atomic mass is 9.80. The maximum absolute atomic E-state index is 14.2. The highest BCUT2D eigenvalue weighted by Gasteiger charge is 2.30. The number of nitrogens with zero attached hydrogens (tertiary/aromatic N) is 1. The number of benzene rings is 1. The van der Waals surface area contributed by atoms with Crippen molar-refractivity contribution in [2.75, 3.05) is 19.6 Å². The van der Waals surface area contributed by atoms with E-state index in [4.69, 9.17) is 10.5 Å². The first-order valence-corrected chi connectivity index (χ1v) is 8.22. The molecule has 3 rings (SSSR count). The van der Waals surface area contributed by atoms with Gasteiger partial charge < -0.3 is 10.5 Å². The summed E-state index contributed by atoms with van der Waals surface area (Å²) in [5.74, 6) is -0.102. The van der Waals surface area contributed by atoms with Crippen molar-refractivity contribution < 1.29 is 13.5 Å². The van der Waals surface area contributed by atoms with Crippen LogP contribution in [0.15, 0.2) is 12.1 Å². The molecule has 3 nitrogen and oxygen atoms in total. The molecule has 2 N–H and O–H groups in total. The van der Waals surface area contributed by atoms with Crippen molar-refractivity contribution in [1.29, 1.82) is 0 Å². The predicted octanol–water partition coefficient (Wildman–Crippen LogP) is 3.07. The van der Waals surface area contributed by atoms with Gasteiger partial charge in [-0.3, -0.25) is 4.90 Å². The smallest absolute Gasteiger partial charge is 0.134 e. The van der Waals surface area contributed by atoms with E-state index in [1.54, 1.807) is 0 Å².